The SMILES string of the molecule is O=C(COC1C#CCCCCC1)NCCOCCOCCC(=O)NC(COCCC(=O)Oc1c(F)c(F)c(F)c(F)c1F)COC(=O)Oc1c(F)c(F)c(F)c(F)c1F. The first-order chi connectivity index (χ1) is 28.1. The van der Waals surface area contributed by atoms with E-state index in [4.69, 9.17) is 18.9 Å². The highest BCUT2D eigenvalue weighted by Crippen LogP contribution is 2.30. The molecule has 0 aromatic heterocycles. The summed E-state index contributed by atoms with van der Waals surface area (Å²) in [6.07, 6.45) is 1.08. The number of carbonyl (C=O) groups excluding carboxylic acids is 4. The van der Waals surface area contributed by atoms with Crippen molar-refractivity contribution in [2.45, 2.75) is 57.1 Å². The van der Waals surface area contributed by atoms with Crippen molar-refractivity contribution in [1.82, 2.24) is 10.6 Å². The van der Waals surface area contributed by atoms with Gasteiger partial charge in [-0.15, -0.1) is 5.92 Å². The first-order valence-corrected chi connectivity index (χ1v) is 17.6. The molecule has 0 fully saturated rings. The molecule has 0 bridgehead atoms. The second-order valence-corrected chi connectivity index (χ2v) is 12.1. The van der Waals surface area contributed by atoms with Crippen LogP contribution in [0, 0.1) is 70.0 Å². The molecule has 0 saturated heterocycles. The van der Waals surface area contributed by atoms with Crippen LogP contribution in [0.4, 0.5) is 48.7 Å². The Bertz CT molecular complexity index is 1800. The summed E-state index contributed by atoms with van der Waals surface area (Å²) in [6.45, 7) is -2.32. The lowest BCUT2D eigenvalue weighted by Crippen LogP contribution is -2.42. The number of amides is 2. The molecule has 0 radical (unpaired) electrons. The van der Waals surface area contributed by atoms with Gasteiger partial charge in [-0.3, -0.25) is 14.4 Å². The second kappa shape index (κ2) is 24.7. The van der Waals surface area contributed by atoms with Crippen LogP contribution in [0.1, 0.15) is 44.9 Å². The first-order valence-electron chi connectivity index (χ1n) is 17.6. The Hall–Kier alpha value is -5.18. The zero-order valence-electron chi connectivity index (χ0n) is 30.7. The summed E-state index contributed by atoms with van der Waals surface area (Å²) < 4.78 is 170. The van der Waals surface area contributed by atoms with Gasteiger partial charge in [-0.05, 0) is 19.3 Å². The van der Waals surface area contributed by atoms with Crippen LogP contribution in [-0.4, -0.2) is 95.5 Å². The molecule has 1 aliphatic carbocycles. The van der Waals surface area contributed by atoms with E-state index in [9.17, 15) is 63.1 Å². The molecule has 2 aromatic rings. The van der Waals surface area contributed by atoms with E-state index in [1.165, 1.54) is 0 Å². The average molecular weight is 863 g/mol. The van der Waals surface area contributed by atoms with Crippen molar-refractivity contribution in [2.24, 2.45) is 0 Å². The predicted molar refractivity (Wildman–Crippen MR) is 177 cm³/mol. The highest BCUT2D eigenvalue weighted by atomic mass is 19.2. The molecule has 0 saturated carbocycles. The maximum Gasteiger partial charge on any atom is 0.514 e. The highest BCUT2D eigenvalue weighted by Gasteiger charge is 2.30. The number of hydrogen-bond donors (Lipinski definition) is 2. The minimum atomic E-state index is -2.54. The fourth-order valence-corrected chi connectivity index (χ4v) is 4.69. The highest BCUT2D eigenvalue weighted by molar-refractivity contribution is 5.77. The third kappa shape index (κ3) is 15.5. The Morgan fingerprint density at radius 3 is 1.80 bits per heavy atom. The maximum absolute atomic E-state index is 13.9. The molecule has 23 heteroatoms. The number of esters is 1. The second-order valence-electron chi connectivity index (χ2n) is 12.1. The molecule has 13 nitrogen and oxygen atoms in total. The van der Waals surface area contributed by atoms with Crippen LogP contribution in [-0.2, 0) is 38.1 Å². The fourth-order valence-electron chi connectivity index (χ4n) is 4.69. The summed E-state index contributed by atoms with van der Waals surface area (Å²) in [5.74, 6) is -25.1. The van der Waals surface area contributed by atoms with Gasteiger partial charge >= 0.3 is 12.1 Å². The van der Waals surface area contributed by atoms with Crippen LogP contribution < -0.4 is 20.1 Å². The zero-order chi connectivity index (χ0) is 43.5. The number of halogens is 10. The van der Waals surface area contributed by atoms with E-state index < -0.39 is 120 Å². The summed E-state index contributed by atoms with van der Waals surface area (Å²) >= 11 is 0. The molecule has 3 rings (SSSR count). The van der Waals surface area contributed by atoms with E-state index in [1.54, 1.807) is 0 Å². The van der Waals surface area contributed by atoms with Crippen molar-refractivity contribution in [1.29, 1.82) is 0 Å². The van der Waals surface area contributed by atoms with Crippen LogP contribution in [0.15, 0.2) is 0 Å². The van der Waals surface area contributed by atoms with Gasteiger partial charge in [0.25, 0.3) is 0 Å². The van der Waals surface area contributed by atoms with Crippen molar-refractivity contribution in [2.75, 3.05) is 59.4 Å². The van der Waals surface area contributed by atoms with Crippen LogP contribution in [0.3, 0.4) is 0 Å². The molecular formula is C36H36F10N2O11. The number of nitrogens with one attached hydrogen (secondary N) is 2. The van der Waals surface area contributed by atoms with Gasteiger partial charge < -0.3 is 43.8 Å². The van der Waals surface area contributed by atoms with Gasteiger partial charge in [0.15, 0.2) is 0 Å². The minimum Gasteiger partial charge on any atom is -0.432 e. The van der Waals surface area contributed by atoms with Gasteiger partial charge in [-0.25, -0.2) is 31.1 Å². The normalized spacial score (nSPS) is 14.3. The molecule has 2 aromatic carbocycles. The van der Waals surface area contributed by atoms with E-state index in [2.05, 4.69) is 36.7 Å². The van der Waals surface area contributed by atoms with Gasteiger partial charge in [-0.1, -0.05) is 12.3 Å². The molecule has 0 spiro atoms. The Labute approximate surface area is 328 Å². The largest absolute Gasteiger partial charge is 0.514 e. The smallest absolute Gasteiger partial charge is 0.432 e. The Morgan fingerprint density at radius 1 is 0.610 bits per heavy atom. The topological polar surface area (TPSA) is 157 Å². The standard InChI is InChI=1S/C36H36F10N2O11/c37-24-26(39)30(43)34(31(44)27(24)40)58-23(51)9-12-55-16-19(17-57-36(52)59-35-32(45)28(41)25(38)29(42)33(35)46)48-21(49)8-11-53-14-15-54-13-10-47-22(50)18-56-20-6-4-2-1-3-5-7-20/h19-20H,1-4,6,8-18H2,(H,47,50)(H,48,49). The average Bonchev–Trinajstić information content (AvgIpc) is 3.20. The van der Waals surface area contributed by atoms with Crippen LogP contribution in [0.25, 0.3) is 0 Å². The number of carbonyl (C=O) groups is 4. The molecule has 0 heterocycles. The molecule has 326 valence electrons. The van der Waals surface area contributed by atoms with Crippen molar-refractivity contribution >= 4 is 23.9 Å². The van der Waals surface area contributed by atoms with Gasteiger partial charge in [-0.2, -0.15) is 17.6 Å². The molecule has 2 atom stereocenters. The van der Waals surface area contributed by atoms with Crippen LogP contribution in [0.5, 0.6) is 11.5 Å². The van der Waals surface area contributed by atoms with Gasteiger partial charge in [0.2, 0.25) is 81.5 Å². The minimum absolute atomic E-state index is 0.00494. The van der Waals surface area contributed by atoms with Gasteiger partial charge in [0.1, 0.15) is 19.3 Å². The Morgan fingerprint density at radius 2 is 1.17 bits per heavy atom. The molecule has 2 N–H and O–H groups in total. The number of rotatable bonds is 22. The molecule has 2 unspecified atom stereocenters. The van der Waals surface area contributed by atoms with E-state index in [0.717, 1.165) is 32.1 Å². The third-order valence-corrected chi connectivity index (χ3v) is 7.64. The molecule has 1 aliphatic rings. The van der Waals surface area contributed by atoms with E-state index in [1.807, 2.05) is 0 Å². The number of ether oxygens (including phenoxy) is 7. The summed E-state index contributed by atoms with van der Waals surface area (Å²) in [4.78, 5) is 48.6. The zero-order valence-corrected chi connectivity index (χ0v) is 30.7. The van der Waals surface area contributed by atoms with E-state index in [-0.39, 0.29) is 58.0 Å². The summed E-state index contributed by atoms with van der Waals surface area (Å²) in [5.41, 5.74) is 0. The number of hydrogen-bond acceptors (Lipinski definition) is 11. The quantitative estimate of drug-likeness (QED) is 0.0241. The lowest BCUT2D eigenvalue weighted by molar-refractivity contribution is -0.136. The van der Waals surface area contributed by atoms with Gasteiger partial charge in [0, 0.05) is 19.4 Å². The number of benzene rings is 2. The van der Waals surface area contributed by atoms with Crippen LogP contribution >= 0.6 is 0 Å². The Balaban J connectivity index is 1.43. The summed E-state index contributed by atoms with van der Waals surface area (Å²) in [7, 11) is 0. The monoisotopic (exact) mass is 862 g/mol. The maximum atomic E-state index is 13.9. The van der Waals surface area contributed by atoms with Crippen molar-refractivity contribution in [3.8, 4) is 23.3 Å². The van der Waals surface area contributed by atoms with Crippen molar-refractivity contribution in [3.05, 3.63) is 58.2 Å². The molecule has 0 aliphatic heterocycles. The predicted octanol–water partition coefficient (Wildman–Crippen LogP) is 4.98. The van der Waals surface area contributed by atoms with E-state index >= 15 is 0 Å². The van der Waals surface area contributed by atoms with Crippen molar-refractivity contribution in [3.63, 3.8) is 0 Å². The first kappa shape index (κ1) is 48.2. The van der Waals surface area contributed by atoms with Crippen LogP contribution in [0.2, 0.25) is 0 Å². The molecular weight excluding hydrogens is 826 g/mol. The fraction of sp³-hybridized carbons (Fsp3) is 0.500. The Kier molecular flexibility index (Phi) is 20.2. The van der Waals surface area contributed by atoms with Gasteiger partial charge in [0.05, 0.1) is 52.1 Å². The molecule has 59 heavy (non-hydrogen) atoms. The van der Waals surface area contributed by atoms with E-state index in [0.29, 0.717) is 0 Å². The summed E-state index contributed by atoms with van der Waals surface area (Å²) in [6, 6.07) is -1.40. The summed E-state index contributed by atoms with van der Waals surface area (Å²) in [5, 5.41) is 4.92. The van der Waals surface area contributed by atoms with Crippen molar-refractivity contribution < 1.29 is 96.2 Å². The lowest BCUT2D eigenvalue weighted by Gasteiger charge is -2.19. The lowest BCUT2D eigenvalue weighted by atomic mass is 10.1. The molecule has 2 amide bonds. The third-order valence-electron chi connectivity index (χ3n) is 7.64.